The van der Waals surface area contributed by atoms with E-state index in [2.05, 4.69) is 47.1 Å². The van der Waals surface area contributed by atoms with Gasteiger partial charge in [0.2, 0.25) is 0 Å². The minimum atomic E-state index is 0.00756. The third-order valence-electron chi connectivity index (χ3n) is 5.76. The molecule has 0 aliphatic carbocycles. The third-order valence-corrected chi connectivity index (χ3v) is 5.76. The molecular formula is C25H30N4O3. The molecule has 1 aliphatic rings. The summed E-state index contributed by atoms with van der Waals surface area (Å²) in [6.45, 7) is 11.4. The Labute approximate surface area is 189 Å². The number of aromatic nitrogens is 2. The van der Waals surface area contributed by atoms with Crippen LogP contribution in [0, 0.1) is 13.8 Å². The fourth-order valence-corrected chi connectivity index (χ4v) is 3.77. The molecule has 1 aromatic heterocycles. The van der Waals surface area contributed by atoms with E-state index >= 15 is 0 Å². The lowest BCUT2D eigenvalue weighted by Crippen LogP contribution is -2.50. The number of piperazine rings is 1. The molecule has 0 atom stereocenters. The zero-order valence-electron chi connectivity index (χ0n) is 19.2. The highest BCUT2D eigenvalue weighted by Gasteiger charge is 2.22. The molecule has 0 spiro atoms. The summed E-state index contributed by atoms with van der Waals surface area (Å²) in [6.07, 6.45) is 0. The van der Waals surface area contributed by atoms with Crippen molar-refractivity contribution in [1.29, 1.82) is 0 Å². The second-order valence-electron chi connectivity index (χ2n) is 8.58. The quantitative estimate of drug-likeness (QED) is 0.579. The molecule has 168 valence electrons. The van der Waals surface area contributed by atoms with Crippen LogP contribution in [-0.4, -0.2) is 53.7 Å². The van der Waals surface area contributed by atoms with Crippen LogP contribution in [0.15, 0.2) is 47.0 Å². The van der Waals surface area contributed by atoms with Crippen molar-refractivity contribution in [2.45, 2.75) is 33.6 Å². The van der Waals surface area contributed by atoms with Gasteiger partial charge in [-0.1, -0.05) is 31.1 Å². The van der Waals surface area contributed by atoms with E-state index in [1.807, 2.05) is 43.0 Å². The monoisotopic (exact) mass is 434 g/mol. The second kappa shape index (κ2) is 9.42. The zero-order chi connectivity index (χ0) is 22.7. The lowest BCUT2D eigenvalue weighted by atomic mass is 10.1. The summed E-state index contributed by atoms with van der Waals surface area (Å²) in [7, 11) is 0. The number of nitrogens with zero attached hydrogens (tertiary/aromatic N) is 4. The number of aryl methyl sites for hydroxylation is 2. The average molecular weight is 435 g/mol. The number of anilines is 1. The minimum Gasteiger partial charge on any atom is -0.484 e. The van der Waals surface area contributed by atoms with Crippen LogP contribution in [0.2, 0.25) is 0 Å². The maximum atomic E-state index is 12.6. The predicted octanol–water partition coefficient (Wildman–Crippen LogP) is 4.20. The summed E-state index contributed by atoms with van der Waals surface area (Å²) < 4.78 is 11.0. The molecule has 0 radical (unpaired) electrons. The van der Waals surface area contributed by atoms with E-state index in [0.717, 1.165) is 18.7 Å². The summed E-state index contributed by atoms with van der Waals surface area (Å²) >= 11 is 0. The molecule has 7 nitrogen and oxygen atoms in total. The maximum absolute atomic E-state index is 12.6. The first-order valence-corrected chi connectivity index (χ1v) is 11.1. The Morgan fingerprint density at radius 1 is 1.06 bits per heavy atom. The Morgan fingerprint density at radius 3 is 2.44 bits per heavy atom. The molecule has 2 aromatic carbocycles. The highest BCUT2D eigenvalue weighted by atomic mass is 16.5. The highest BCUT2D eigenvalue weighted by Crippen LogP contribution is 2.24. The first kappa shape index (κ1) is 21.9. The van der Waals surface area contributed by atoms with Gasteiger partial charge in [-0.25, -0.2) is 0 Å². The highest BCUT2D eigenvalue weighted by molar-refractivity contribution is 5.78. The molecule has 1 amide bonds. The normalized spacial score (nSPS) is 14.2. The van der Waals surface area contributed by atoms with Gasteiger partial charge < -0.3 is 19.1 Å². The lowest BCUT2D eigenvalue weighted by molar-refractivity contribution is -0.133. The van der Waals surface area contributed by atoms with Gasteiger partial charge in [-0.3, -0.25) is 4.79 Å². The van der Waals surface area contributed by atoms with E-state index in [1.54, 1.807) is 0 Å². The minimum absolute atomic E-state index is 0.00756. The molecule has 7 heteroatoms. The van der Waals surface area contributed by atoms with Crippen molar-refractivity contribution in [2.75, 3.05) is 37.7 Å². The zero-order valence-corrected chi connectivity index (χ0v) is 19.2. The summed E-state index contributed by atoms with van der Waals surface area (Å²) in [5.74, 6) is 2.03. The third kappa shape index (κ3) is 4.93. The van der Waals surface area contributed by atoms with Gasteiger partial charge in [-0.05, 0) is 55.3 Å². The maximum Gasteiger partial charge on any atom is 0.260 e. The Hall–Kier alpha value is -3.35. The predicted molar refractivity (Wildman–Crippen MR) is 124 cm³/mol. The summed E-state index contributed by atoms with van der Waals surface area (Å²) in [5, 5.41) is 3.99. The van der Waals surface area contributed by atoms with Gasteiger partial charge in [0.05, 0.1) is 0 Å². The molecule has 1 aliphatic heterocycles. The number of amides is 1. The number of carbonyl (C=O) groups excluding carboxylic acids is 1. The van der Waals surface area contributed by atoms with Gasteiger partial charge in [0.15, 0.2) is 12.4 Å². The van der Waals surface area contributed by atoms with Crippen molar-refractivity contribution < 1.29 is 14.1 Å². The number of rotatable bonds is 6. The van der Waals surface area contributed by atoms with Gasteiger partial charge in [0.25, 0.3) is 11.8 Å². The molecule has 0 saturated carbocycles. The Kier molecular flexibility index (Phi) is 6.44. The Bertz CT molecular complexity index is 1070. The SMILES string of the molecule is Cc1ccc(C)c(N2CCN(C(=O)COc3ccc(-c4nc(C(C)C)no4)cc3)CC2)c1. The fraction of sp³-hybridized carbons (Fsp3) is 0.400. The number of hydrogen-bond donors (Lipinski definition) is 0. The molecule has 0 unspecified atom stereocenters. The molecule has 32 heavy (non-hydrogen) atoms. The summed E-state index contributed by atoms with van der Waals surface area (Å²) in [6, 6.07) is 13.9. The van der Waals surface area contributed by atoms with Gasteiger partial charge >= 0.3 is 0 Å². The first-order chi connectivity index (χ1) is 15.4. The van der Waals surface area contributed by atoms with Crippen LogP contribution in [0.3, 0.4) is 0 Å². The van der Waals surface area contributed by atoms with Gasteiger partial charge in [-0.2, -0.15) is 4.98 Å². The number of carbonyl (C=O) groups is 1. The molecule has 1 saturated heterocycles. The molecule has 4 rings (SSSR count). The van der Waals surface area contributed by atoms with E-state index in [4.69, 9.17) is 9.26 Å². The molecule has 0 bridgehead atoms. The van der Waals surface area contributed by atoms with Crippen LogP contribution in [0.25, 0.3) is 11.5 Å². The Balaban J connectivity index is 1.28. The first-order valence-electron chi connectivity index (χ1n) is 11.1. The smallest absolute Gasteiger partial charge is 0.260 e. The average Bonchev–Trinajstić information content (AvgIpc) is 3.30. The number of benzene rings is 2. The van der Waals surface area contributed by atoms with E-state index < -0.39 is 0 Å². The molecule has 0 N–H and O–H groups in total. The fourth-order valence-electron chi connectivity index (χ4n) is 3.77. The lowest BCUT2D eigenvalue weighted by Gasteiger charge is -2.37. The van der Waals surface area contributed by atoms with Crippen LogP contribution in [0.1, 0.15) is 36.7 Å². The van der Waals surface area contributed by atoms with Gasteiger partial charge in [0.1, 0.15) is 5.75 Å². The topological polar surface area (TPSA) is 71.7 Å². The van der Waals surface area contributed by atoms with Gasteiger partial charge in [0, 0.05) is 43.3 Å². The van der Waals surface area contributed by atoms with Gasteiger partial charge in [-0.15, -0.1) is 0 Å². The van der Waals surface area contributed by atoms with E-state index in [1.165, 1.54) is 16.8 Å². The second-order valence-corrected chi connectivity index (χ2v) is 8.58. The molecule has 2 heterocycles. The molecule has 3 aromatic rings. The number of ether oxygens (including phenoxy) is 1. The van der Waals surface area contributed by atoms with Crippen molar-refractivity contribution in [3.63, 3.8) is 0 Å². The van der Waals surface area contributed by atoms with Crippen molar-refractivity contribution in [2.24, 2.45) is 0 Å². The van der Waals surface area contributed by atoms with E-state index in [0.29, 0.717) is 30.6 Å². The Morgan fingerprint density at radius 2 is 1.78 bits per heavy atom. The summed E-state index contributed by atoms with van der Waals surface area (Å²) in [4.78, 5) is 21.3. The number of hydrogen-bond acceptors (Lipinski definition) is 6. The van der Waals surface area contributed by atoms with Crippen molar-refractivity contribution in [1.82, 2.24) is 15.0 Å². The van der Waals surface area contributed by atoms with Crippen LogP contribution in [0.5, 0.6) is 5.75 Å². The van der Waals surface area contributed by atoms with Crippen LogP contribution >= 0.6 is 0 Å². The van der Waals surface area contributed by atoms with Crippen molar-refractivity contribution in [3.05, 3.63) is 59.4 Å². The van der Waals surface area contributed by atoms with Crippen LogP contribution < -0.4 is 9.64 Å². The van der Waals surface area contributed by atoms with E-state index in [9.17, 15) is 4.79 Å². The largest absolute Gasteiger partial charge is 0.484 e. The van der Waals surface area contributed by atoms with Crippen molar-refractivity contribution in [3.8, 4) is 17.2 Å². The molecular weight excluding hydrogens is 404 g/mol. The van der Waals surface area contributed by atoms with Crippen LogP contribution in [0.4, 0.5) is 5.69 Å². The standard InChI is InChI=1S/C25H30N4O3/c1-17(2)24-26-25(32-27-24)20-7-9-21(10-8-20)31-16-23(30)29-13-11-28(12-14-29)22-15-18(3)5-6-19(22)4/h5-10,15,17H,11-14,16H2,1-4H3. The summed E-state index contributed by atoms with van der Waals surface area (Å²) in [5.41, 5.74) is 4.60. The van der Waals surface area contributed by atoms with Crippen LogP contribution in [-0.2, 0) is 4.79 Å². The van der Waals surface area contributed by atoms with E-state index in [-0.39, 0.29) is 18.4 Å². The van der Waals surface area contributed by atoms with Crippen molar-refractivity contribution >= 4 is 11.6 Å². The molecule has 1 fully saturated rings.